The normalized spacial score (nSPS) is 18.0. The maximum Gasteiger partial charge on any atom is 0.227 e. The molecule has 1 aliphatic carbocycles. The summed E-state index contributed by atoms with van der Waals surface area (Å²) in [6.07, 6.45) is 4.21. The van der Waals surface area contributed by atoms with E-state index in [4.69, 9.17) is 4.74 Å². The van der Waals surface area contributed by atoms with Crippen LogP contribution in [0.3, 0.4) is 0 Å². The fraction of sp³-hybridized carbons (Fsp3) is 0.500. The number of hydrogen-bond acceptors (Lipinski definition) is 3. The predicted octanol–water partition coefficient (Wildman–Crippen LogP) is 2.56. The SMILES string of the molecule is CC(=O)N1CCOc2ccc(NC(=O)C3CCCC3)cc21. The highest BCUT2D eigenvalue weighted by Gasteiger charge is 2.24. The number of carbonyl (C=O) groups excluding carboxylic acids is 2. The van der Waals surface area contributed by atoms with Crippen molar-refractivity contribution in [1.82, 2.24) is 0 Å². The predicted molar refractivity (Wildman–Crippen MR) is 80.6 cm³/mol. The topological polar surface area (TPSA) is 58.6 Å². The van der Waals surface area contributed by atoms with E-state index in [2.05, 4.69) is 5.32 Å². The molecular formula is C16H20N2O3. The van der Waals surface area contributed by atoms with Gasteiger partial charge in [0.2, 0.25) is 11.8 Å². The molecule has 1 N–H and O–H groups in total. The Morgan fingerprint density at radius 3 is 2.76 bits per heavy atom. The first-order chi connectivity index (χ1) is 10.1. The van der Waals surface area contributed by atoms with Crippen LogP contribution < -0.4 is 15.0 Å². The van der Waals surface area contributed by atoms with Crippen LogP contribution in [0.2, 0.25) is 0 Å². The van der Waals surface area contributed by atoms with Gasteiger partial charge in [0.25, 0.3) is 0 Å². The molecule has 2 aliphatic rings. The van der Waals surface area contributed by atoms with Gasteiger partial charge in [0.1, 0.15) is 12.4 Å². The number of amides is 2. The molecule has 5 heteroatoms. The third-order valence-corrected chi connectivity index (χ3v) is 4.20. The quantitative estimate of drug-likeness (QED) is 0.910. The molecule has 5 nitrogen and oxygen atoms in total. The zero-order valence-electron chi connectivity index (χ0n) is 12.2. The first-order valence-electron chi connectivity index (χ1n) is 7.51. The third kappa shape index (κ3) is 2.86. The maximum absolute atomic E-state index is 12.2. The highest BCUT2D eigenvalue weighted by molar-refractivity contribution is 5.97. The van der Waals surface area contributed by atoms with Gasteiger partial charge >= 0.3 is 0 Å². The summed E-state index contributed by atoms with van der Waals surface area (Å²) < 4.78 is 5.56. The van der Waals surface area contributed by atoms with E-state index in [0.29, 0.717) is 18.9 Å². The molecule has 1 aromatic carbocycles. The highest BCUT2D eigenvalue weighted by atomic mass is 16.5. The number of nitrogens with zero attached hydrogens (tertiary/aromatic N) is 1. The minimum atomic E-state index is -0.0150. The van der Waals surface area contributed by atoms with Crippen molar-refractivity contribution in [3.05, 3.63) is 18.2 Å². The molecular weight excluding hydrogens is 268 g/mol. The van der Waals surface area contributed by atoms with Crippen molar-refractivity contribution < 1.29 is 14.3 Å². The van der Waals surface area contributed by atoms with Gasteiger partial charge in [-0.3, -0.25) is 9.59 Å². The lowest BCUT2D eigenvalue weighted by molar-refractivity contribution is -0.119. The molecule has 0 aromatic heterocycles. The molecule has 0 spiro atoms. The van der Waals surface area contributed by atoms with Crippen molar-refractivity contribution in [3.63, 3.8) is 0 Å². The van der Waals surface area contributed by atoms with Crippen molar-refractivity contribution in [3.8, 4) is 5.75 Å². The third-order valence-electron chi connectivity index (χ3n) is 4.20. The zero-order valence-corrected chi connectivity index (χ0v) is 12.2. The summed E-state index contributed by atoms with van der Waals surface area (Å²) in [5, 5.41) is 2.96. The van der Waals surface area contributed by atoms with E-state index in [0.717, 1.165) is 37.1 Å². The van der Waals surface area contributed by atoms with Crippen LogP contribution in [0.1, 0.15) is 32.6 Å². The van der Waals surface area contributed by atoms with E-state index < -0.39 is 0 Å². The second-order valence-electron chi connectivity index (χ2n) is 5.67. The van der Waals surface area contributed by atoms with Crippen LogP contribution in [0.4, 0.5) is 11.4 Å². The minimum absolute atomic E-state index is 0.0150. The van der Waals surface area contributed by atoms with E-state index in [1.807, 2.05) is 18.2 Å². The Morgan fingerprint density at radius 2 is 2.05 bits per heavy atom. The largest absolute Gasteiger partial charge is 0.490 e. The molecule has 3 rings (SSSR count). The molecule has 0 bridgehead atoms. The van der Waals surface area contributed by atoms with Crippen LogP contribution in [0.25, 0.3) is 0 Å². The summed E-state index contributed by atoms with van der Waals surface area (Å²) in [7, 11) is 0. The Balaban J connectivity index is 1.79. The number of hydrogen-bond donors (Lipinski definition) is 1. The number of benzene rings is 1. The molecule has 2 amide bonds. The Kier molecular flexibility index (Phi) is 3.82. The molecule has 0 radical (unpaired) electrons. The van der Waals surface area contributed by atoms with Gasteiger partial charge in [-0.15, -0.1) is 0 Å². The van der Waals surface area contributed by atoms with E-state index in [1.165, 1.54) is 0 Å². The van der Waals surface area contributed by atoms with Crippen LogP contribution in [-0.4, -0.2) is 25.0 Å². The fourth-order valence-corrected chi connectivity index (χ4v) is 3.05. The lowest BCUT2D eigenvalue weighted by Crippen LogP contribution is -2.36. The number of anilines is 2. The van der Waals surface area contributed by atoms with E-state index in [-0.39, 0.29) is 17.7 Å². The lowest BCUT2D eigenvalue weighted by Gasteiger charge is -2.29. The van der Waals surface area contributed by atoms with Gasteiger partial charge < -0.3 is 15.0 Å². The van der Waals surface area contributed by atoms with Gasteiger partial charge in [-0.1, -0.05) is 12.8 Å². The number of rotatable bonds is 2. The van der Waals surface area contributed by atoms with Crippen molar-refractivity contribution in [2.45, 2.75) is 32.6 Å². The first kappa shape index (κ1) is 13.9. The molecule has 0 saturated heterocycles. The highest BCUT2D eigenvalue weighted by Crippen LogP contribution is 2.34. The zero-order chi connectivity index (χ0) is 14.8. The number of ether oxygens (including phenoxy) is 1. The summed E-state index contributed by atoms with van der Waals surface area (Å²) in [6.45, 7) is 2.58. The first-order valence-corrected chi connectivity index (χ1v) is 7.51. The van der Waals surface area contributed by atoms with Gasteiger partial charge in [0.15, 0.2) is 0 Å². The van der Waals surface area contributed by atoms with Crippen molar-refractivity contribution in [2.75, 3.05) is 23.4 Å². The van der Waals surface area contributed by atoms with E-state index in [1.54, 1.807) is 11.8 Å². The Morgan fingerprint density at radius 1 is 1.29 bits per heavy atom. The van der Waals surface area contributed by atoms with E-state index in [9.17, 15) is 9.59 Å². The van der Waals surface area contributed by atoms with Gasteiger partial charge in [0, 0.05) is 18.5 Å². The number of fused-ring (bicyclic) bond motifs is 1. The van der Waals surface area contributed by atoms with Crippen molar-refractivity contribution in [2.24, 2.45) is 5.92 Å². The fourth-order valence-electron chi connectivity index (χ4n) is 3.05. The van der Waals surface area contributed by atoms with Crippen molar-refractivity contribution >= 4 is 23.2 Å². The molecule has 0 atom stereocenters. The minimum Gasteiger partial charge on any atom is -0.490 e. The molecule has 1 saturated carbocycles. The summed E-state index contributed by atoms with van der Waals surface area (Å²) in [4.78, 5) is 25.5. The number of nitrogens with one attached hydrogen (secondary N) is 1. The van der Waals surface area contributed by atoms with Crippen molar-refractivity contribution in [1.29, 1.82) is 0 Å². The summed E-state index contributed by atoms with van der Waals surface area (Å²) in [6, 6.07) is 5.47. The van der Waals surface area contributed by atoms with Gasteiger partial charge in [-0.05, 0) is 31.0 Å². The standard InChI is InChI=1S/C16H20N2O3/c1-11(19)18-8-9-21-15-7-6-13(10-14(15)18)17-16(20)12-4-2-3-5-12/h6-7,10,12H,2-5,8-9H2,1H3,(H,17,20). The van der Waals surface area contributed by atoms with Gasteiger partial charge in [-0.2, -0.15) is 0 Å². The molecule has 1 heterocycles. The molecule has 1 fully saturated rings. The van der Waals surface area contributed by atoms with Gasteiger partial charge in [0.05, 0.1) is 12.2 Å². The smallest absolute Gasteiger partial charge is 0.227 e. The second kappa shape index (κ2) is 5.76. The van der Waals surface area contributed by atoms with E-state index >= 15 is 0 Å². The number of carbonyl (C=O) groups is 2. The summed E-state index contributed by atoms with van der Waals surface area (Å²) in [5.74, 6) is 0.883. The van der Waals surface area contributed by atoms with Crippen LogP contribution in [0.15, 0.2) is 18.2 Å². The monoisotopic (exact) mass is 288 g/mol. The molecule has 1 aliphatic heterocycles. The Labute approximate surface area is 124 Å². The maximum atomic E-state index is 12.2. The molecule has 0 unspecified atom stereocenters. The van der Waals surface area contributed by atoms with Crippen LogP contribution >= 0.6 is 0 Å². The summed E-state index contributed by atoms with van der Waals surface area (Å²) >= 11 is 0. The van der Waals surface area contributed by atoms with Crippen LogP contribution in [0, 0.1) is 5.92 Å². The average molecular weight is 288 g/mol. The Bertz CT molecular complexity index is 565. The lowest BCUT2D eigenvalue weighted by atomic mass is 10.1. The summed E-state index contributed by atoms with van der Waals surface area (Å²) in [5.41, 5.74) is 1.46. The second-order valence-corrected chi connectivity index (χ2v) is 5.67. The van der Waals surface area contributed by atoms with Gasteiger partial charge in [-0.25, -0.2) is 0 Å². The molecule has 112 valence electrons. The average Bonchev–Trinajstić information content (AvgIpc) is 3.00. The van der Waals surface area contributed by atoms with Crippen LogP contribution in [0.5, 0.6) is 5.75 Å². The molecule has 1 aromatic rings. The molecule has 21 heavy (non-hydrogen) atoms. The Hall–Kier alpha value is -2.04. The van der Waals surface area contributed by atoms with Crippen LogP contribution in [-0.2, 0) is 9.59 Å².